The Morgan fingerprint density at radius 1 is 1.29 bits per heavy atom. The van der Waals surface area contributed by atoms with Gasteiger partial charge in [0.2, 0.25) is 0 Å². The molecule has 2 atom stereocenters. The van der Waals surface area contributed by atoms with Crippen molar-refractivity contribution in [3.63, 3.8) is 0 Å². The van der Waals surface area contributed by atoms with Crippen molar-refractivity contribution in [1.29, 1.82) is 0 Å². The van der Waals surface area contributed by atoms with Crippen molar-refractivity contribution in [2.24, 2.45) is 11.8 Å². The summed E-state index contributed by atoms with van der Waals surface area (Å²) in [6, 6.07) is 0. The van der Waals surface area contributed by atoms with Gasteiger partial charge in [-0.1, -0.05) is 20.8 Å². The molecule has 1 N–H and O–H groups in total. The Labute approximate surface area is 88.4 Å². The largest absolute Gasteiger partial charge is 0.378 e. The zero-order valence-corrected chi connectivity index (χ0v) is 9.88. The maximum absolute atomic E-state index is 5.62. The average molecular weight is 199 g/mol. The van der Waals surface area contributed by atoms with Crippen LogP contribution in [0, 0.1) is 11.8 Å². The minimum absolute atomic E-state index is 0.547. The predicted octanol–water partition coefficient (Wildman–Crippen LogP) is 2.44. The van der Waals surface area contributed by atoms with Crippen LogP contribution in [0.15, 0.2) is 0 Å². The molecule has 0 saturated carbocycles. The third-order valence-corrected chi connectivity index (χ3v) is 2.73. The normalized spacial score (nSPS) is 24.4. The second-order valence-electron chi connectivity index (χ2n) is 5.03. The Morgan fingerprint density at radius 3 is 2.64 bits per heavy atom. The quantitative estimate of drug-likeness (QED) is 0.709. The van der Waals surface area contributed by atoms with Gasteiger partial charge in [-0.15, -0.1) is 0 Å². The van der Waals surface area contributed by atoms with E-state index >= 15 is 0 Å². The molecular weight excluding hydrogens is 174 g/mol. The van der Waals surface area contributed by atoms with E-state index in [2.05, 4.69) is 26.1 Å². The highest BCUT2D eigenvalue weighted by molar-refractivity contribution is 4.69. The van der Waals surface area contributed by atoms with Crippen LogP contribution in [0.5, 0.6) is 0 Å². The molecule has 2 heteroatoms. The lowest BCUT2D eigenvalue weighted by Crippen LogP contribution is -2.27. The predicted molar refractivity (Wildman–Crippen MR) is 60.5 cm³/mol. The molecule has 0 amide bonds. The summed E-state index contributed by atoms with van der Waals surface area (Å²) in [4.78, 5) is 0. The fraction of sp³-hybridized carbons (Fsp3) is 1.00. The lowest BCUT2D eigenvalue weighted by atomic mass is 10.0. The van der Waals surface area contributed by atoms with Gasteiger partial charge in [-0.2, -0.15) is 0 Å². The molecule has 0 aromatic carbocycles. The molecule has 1 heterocycles. The van der Waals surface area contributed by atoms with E-state index in [0.717, 1.165) is 31.5 Å². The fourth-order valence-corrected chi connectivity index (χ4v) is 1.98. The minimum Gasteiger partial charge on any atom is -0.378 e. The summed E-state index contributed by atoms with van der Waals surface area (Å²) in [6.45, 7) is 10.1. The molecule has 1 aliphatic heterocycles. The molecule has 84 valence electrons. The monoisotopic (exact) mass is 199 g/mol. The Bertz CT molecular complexity index is 141. The molecule has 14 heavy (non-hydrogen) atoms. The van der Waals surface area contributed by atoms with E-state index in [1.165, 1.54) is 19.3 Å². The van der Waals surface area contributed by atoms with E-state index in [-0.39, 0.29) is 0 Å². The van der Waals surface area contributed by atoms with Crippen molar-refractivity contribution in [2.45, 2.75) is 46.1 Å². The van der Waals surface area contributed by atoms with Gasteiger partial charge in [0.25, 0.3) is 0 Å². The van der Waals surface area contributed by atoms with Crippen molar-refractivity contribution in [3.8, 4) is 0 Å². The number of hydrogen-bond donors (Lipinski definition) is 1. The Balaban J connectivity index is 2.00. The highest BCUT2D eigenvalue weighted by atomic mass is 16.5. The molecule has 1 fully saturated rings. The van der Waals surface area contributed by atoms with E-state index in [9.17, 15) is 0 Å². The lowest BCUT2D eigenvalue weighted by Gasteiger charge is -2.17. The van der Waals surface area contributed by atoms with Crippen LogP contribution >= 0.6 is 0 Å². The van der Waals surface area contributed by atoms with Gasteiger partial charge in [-0.3, -0.25) is 0 Å². The van der Waals surface area contributed by atoms with Crippen LogP contribution in [0.25, 0.3) is 0 Å². The molecule has 0 aromatic heterocycles. The number of ether oxygens (including phenoxy) is 1. The molecule has 0 aliphatic carbocycles. The third-order valence-electron chi connectivity index (χ3n) is 2.73. The molecule has 1 aliphatic rings. The second-order valence-corrected chi connectivity index (χ2v) is 5.03. The Kier molecular flexibility index (Phi) is 5.49. The standard InChI is InChI=1S/C12H25NO/c1-10(2)8-13-9-11(3)7-12-5-4-6-14-12/h10-13H,4-9H2,1-3H3. The summed E-state index contributed by atoms with van der Waals surface area (Å²) in [5.74, 6) is 1.50. The van der Waals surface area contributed by atoms with E-state index in [1.807, 2.05) is 0 Å². The van der Waals surface area contributed by atoms with Crippen LogP contribution in [-0.4, -0.2) is 25.8 Å². The summed E-state index contributed by atoms with van der Waals surface area (Å²) in [7, 11) is 0. The average Bonchev–Trinajstić information content (AvgIpc) is 2.56. The fourth-order valence-electron chi connectivity index (χ4n) is 1.98. The van der Waals surface area contributed by atoms with Crippen molar-refractivity contribution in [1.82, 2.24) is 5.32 Å². The third kappa shape index (κ3) is 4.97. The molecule has 0 bridgehead atoms. The summed E-state index contributed by atoms with van der Waals surface area (Å²) in [5, 5.41) is 3.50. The van der Waals surface area contributed by atoms with Crippen LogP contribution in [0.1, 0.15) is 40.0 Å². The molecular formula is C12H25NO. The molecule has 0 aromatic rings. The van der Waals surface area contributed by atoms with Gasteiger partial charge >= 0.3 is 0 Å². The molecule has 0 spiro atoms. The molecule has 1 saturated heterocycles. The second kappa shape index (κ2) is 6.41. The summed E-state index contributed by atoms with van der Waals surface area (Å²) < 4.78 is 5.62. The Morgan fingerprint density at radius 2 is 2.07 bits per heavy atom. The van der Waals surface area contributed by atoms with Crippen LogP contribution in [0.4, 0.5) is 0 Å². The van der Waals surface area contributed by atoms with E-state index in [1.54, 1.807) is 0 Å². The molecule has 0 radical (unpaired) electrons. The van der Waals surface area contributed by atoms with Crippen LogP contribution in [0.2, 0.25) is 0 Å². The first-order valence-corrected chi connectivity index (χ1v) is 6.00. The Hall–Kier alpha value is -0.0800. The zero-order valence-electron chi connectivity index (χ0n) is 9.88. The highest BCUT2D eigenvalue weighted by Crippen LogP contribution is 2.19. The highest BCUT2D eigenvalue weighted by Gasteiger charge is 2.17. The van der Waals surface area contributed by atoms with Gasteiger partial charge in [0, 0.05) is 6.61 Å². The summed E-state index contributed by atoms with van der Waals surface area (Å²) >= 11 is 0. The summed E-state index contributed by atoms with van der Waals surface area (Å²) in [5.41, 5.74) is 0. The number of rotatable bonds is 6. The topological polar surface area (TPSA) is 21.3 Å². The van der Waals surface area contributed by atoms with Crippen LogP contribution in [0.3, 0.4) is 0 Å². The smallest absolute Gasteiger partial charge is 0.0579 e. The van der Waals surface area contributed by atoms with Crippen LogP contribution < -0.4 is 5.32 Å². The van der Waals surface area contributed by atoms with Gasteiger partial charge in [-0.25, -0.2) is 0 Å². The zero-order chi connectivity index (χ0) is 10.4. The molecule has 2 nitrogen and oxygen atoms in total. The maximum atomic E-state index is 5.62. The van der Waals surface area contributed by atoms with Gasteiger partial charge in [0.15, 0.2) is 0 Å². The minimum atomic E-state index is 0.547. The lowest BCUT2D eigenvalue weighted by molar-refractivity contribution is 0.0915. The first-order valence-electron chi connectivity index (χ1n) is 6.00. The molecule has 2 unspecified atom stereocenters. The SMILES string of the molecule is CC(C)CNCC(C)CC1CCCO1. The summed E-state index contributed by atoms with van der Waals surface area (Å²) in [6.07, 6.45) is 4.31. The van der Waals surface area contributed by atoms with E-state index in [0.29, 0.717) is 6.10 Å². The van der Waals surface area contributed by atoms with Crippen molar-refractivity contribution in [2.75, 3.05) is 19.7 Å². The van der Waals surface area contributed by atoms with Crippen molar-refractivity contribution < 1.29 is 4.74 Å². The van der Waals surface area contributed by atoms with Crippen molar-refractivity contribution in [3.05, 3.63) is 0 Å². The van der Waals surface area contributed by atoms with E-state index in [4.69, 9.17) is 4.74 Å². The van der Waals surface area contributed by atoms with E-state index < -0.39 is 0 Å². The number of nitrogens with one attached hydrogen (secondary N) is 1. The number of hydrogen-bond acceptors (Lipinski definition) is 2. The molecule has 1 rings (SSSR count). The van der Waals surface area contributed by atoms with Gasteiger partial charge in [0.05, 0.1) is 6.10 Å². The maximum Gasteiger partial charge on any atom is 0.0579 e. The van der Waals surface area contributed by atoms with Gasteiger partial charge in [-0.05, 0) is 44.2 Å². The van der Waals surface area contributed by atoms with Gasteiger partial charge in [0.1, 0.15) is 0 Å². The first-order chi connectivity index (χ1) is 6.68. The van der Waals surface area contributed by atoms with Crippen LogP contribution in [-0.2, 0) is 4.74 Å². The first kappa shape index (κ1) is 12.0. The van der Waals surface area contributed by atoms with Gasteiger partial charge < -0.3 is 10.1 Å². The van der Waals surface area contributed by atoms with Crippen molar-refractivity contribution >= 4 is 0 Å².